The Balaban J connectivity index is 2.05. The Morgan fingerprint density at radius 1 is 1.67 bits per heavy atom. The molecule has 4 nitrogen and oxygen atoms in total. The normalized spacial score (nSPS) is 39.8. The van der Waals surface area contributed by atoms with Gasteiger partial charge in [-0.2, -0.15) is 0 Å². The maximum Gasteiger partial charge on any atom is 0.306 e. The van der Waals surface area contributed by atoms with Crippen molar-refractivity contribution in [3.8, 4) is 0 Å². The molecule has 0 aromatic carbocycles. The summed E-state index contributed by atoms with van der Waals surface area (Å²) in [6.45, 7) is 1.07. The van der Waals surface area contributed by atoms with Crippen LogP contribution in [0.1, 0.15) is 19.3 Å². The second-order valence-electron chi connectivity index (χ2n) is 3.55. The Morgan fingerprint density at radius 2 is 2.50 bits per heavy atom. The minimum Gasteiger partial charge on any atom is -0.481 e. The van der Waals surface area contributed by atoms with Gasteiger partial charge in [-0.05, 0) is 12.8 Å². The second-order valence-corrected chi connectivity index (χ2v) is 3.55. The number of aliphatic carboxylic acids is 1. The van der Waals surface area contributed by atoms with Crippen LogP contribution >= 0.6 is 0 Å². The number of rotatable bonds is 2. The Hall–Kier alpha value is -0.610. The van der Waals surface area contributed by atoms with Gasteiger partial charge in [0.15, 0.2) is 0 Å². The van der Waals surface area contributed by atoms with E-state index in [4.69, 9.17) is 14.6 Å². The number of carboxylic acid groups (broad SMARTS) is 1. The maximum atomic E-state index is 10.5. The first kappa shape index (κ1) is 8.01. The molecule has 0 spiro atoms. The van der Waals surface area contributed by atoms with Crippen LogP contribution in [0, 0.1) is 0 Å². The third kappa shape index (κ3) is 1.32. The quantitative estimate of drug-likeness (QED) is 0.655. The van der Waals surface area contributed by atoms with Crippen molar-refractivity contribution in [2.75, 3.05) is 13.2 Å². The van der Waals surface area contributed by atoms with Gasteiger partial charge < -0.3 is 14.6 Å². The van der Waals surface area contributed by atoms with Crippen LogP contribution in [-0.2, 0) is 14.3 Å². The summed E-state index contributed by atoms with van der Waals surface area (Å²) in [6, 6.07) is 0. The minimum absolute atomic E-state index is 0.0729. The summed E-state index contributed by atoms with van der Waals surface area (Å²) >= 11 is 0. The van der Waals surface area contributed by atoms with E-state index in [-0.39, 0.29) is 12.5 Å². The molecule has 2 rings (SSSR count). The lowest BCUT2D eigenvalue weighted by Gasteiger charge is -2.31. The third-order valence-corrected chi connectivity index (χ3v) is 2.48. The molecule has 12 heavy (non-hydrogen) atoms. The molecule has 4 heteroatoms. The topological polar surface area (TPSA) is 55.8 Å². The SMILES string of the molecule is O=C(O)CC12CCC(COC1)O2. The van der Waals surface area contributed by atoms with Gasteiger partial charge in [0.05, 0.1) is 25.7 Å². The van der Waals surface area contributed by atoms with E-state index in [9.17, 15) is 4.79 Å². The molecular weight excluding hydrogens is 160 g/mol. The molecule has 2 aliphatic heterocycles. The minimum atomic E-state index is -0.804. The number of hydrogen-bond acceptors (Lipinski definition) is 3. The van der Waals surface area contributed by atoms with Crippen molar-refractivity contribution < 1.29 is 19.4 Å². The van der Waals surface area contributed by atoms with E-state index >= 15 is 0 Å². The Morgan fingerprint density at radius 3 is 3.25 bits per heavy atom. The fourth-order valence-corrected chi connectivity index (χ4v) is 1.95. The van der Waals surface area contributed by atoms with Gasteiger partial charge in [0.2, 0.25) is 0 Å². The van der Waals surface area contributed by atoms with Crippen LogP contribution in [0.15, 0.2) is 0 Å². The van der Waals surface area contributed by atoms with Crippen molar-refractivity contribution >= 4 is 5.97 Å². The molecule has 2 fully saturated rings. The number of carbonyl (C=O) groups is 1. The van der Waals surface area contributed by atoms with Gasteiger partial charge in [-0.15, -0.1) is 0 Å². The van der Waals surface area contributed by atoms with Crippen molar-refractivity contribution in [1.82, 2.24) is 0 Å². The first-order chi connectivity index (χ1) is 5.70. The fraction of sp³-hybridized carbons (Fsp3) is 0.875. The van der Waals surface area contributed by atoms with Crippen LogP contribution in [0.4, 0.5) is 0 Å². The molecule has 1 N–H and O–H groups in total. The van der Waals surface area contributed by atoms with Crippen LogP contribution in [0.3, 0.4) is 0 Å². The Labute approximate surface area is 70.5 Å². The summed E-state index contributed by atoms with van der Waals surface area (Å²) in [6.07, 6.45) is 1.97. The smallest absolute Gasteiger partial charge is 0.306 e. The van der Waals surface area contributed by atoms with E-state index in [0.29, 0.717) is 13.2 Å². The van der Waals surface area contributed by atoms with Gasteiger partial charge in [-0.3, -0.25) is 4.79 Å². The largest absolute Gasteiger partial charge is 0.481 e. The summed E-state index contributed by atoms with van der Waals surface area (Å²) < 4.78 is 10.9. The molecule has 68 valence electrons. The van der Waals surface area contributed by atoms with Crippen molar-refractivity contribution in [3.63, 3.8) is 0 Å². The highest BCUT2D eigenvalue weighted by Gasteiger charge is 2.45. The molecule has 2 saturated heterocycles. The molecule has 0 radical (unpaired) electrons. The van der Waals surface area contributed by atoms with Gasteiger partial charge in [0.1, 0.15) is 5.60 Å². The summed E-state index contributed by atoms with van der Waals surface area (Å²) in [5.41, 5.74) is -0.505. The molecule has 2 heterocycles. The van der Waals surface area contributed by atoms with Gasteiger partial charge in [0, 0.05) is 0 Å². The summed E-state index contributed by atoms with van der Waals surface area (Å²) in [4.78, 5) is 10.5. The lowest BCUT2D eigenvalue weighted by molar-refractivity contribution is -0.173. The van der Waals surface area contributed by atoms with Crippen molar-refractivity contribution in [2.24, 2.45) is 0 Å². The van der Waals surface area contributed by atoms with E-state index in [1.807, 2.05) is 0 Å². The maximum absolute atomic E-state index is 10.5. The molecular formula is C8H12O4. The summed E-state index contributed by atoms with van der Waals surface area (Å²) in [5.74, 6) is -0.804. The highest BCUT2D eigenvalue weighted by Crippen LogP contribution is 2.37. The van der Waals surface area contributed by atoms with Crippen LogP contribution < -0.4 is 0 Å². The molecule has 2 unspecified atom stereocenters. The average Bonchev–Trinajstić information content (AvgIpc) is 2.25. The molecule has 0 aromatic rings. The Bertz CT molecular complexity index is 199. The summed E-state index contributed by atoms with van der Waals surface area (Å²) in [7, 11) is 0. The zero-order valence-corrected chi connectivity index (χ0v) is 6.78. The van der Waals surface area contributed by atoms with E-state index < -0.39 is 11.6 Å². The number of fused-ring (bicyclic) bond motifs is 2. The van der Waals surface area contributed by atoms with Crippen LogP contribution in [0.2, 0.25) is 0 Å². The standard InChI is InChI=1S/C8H12O4/c9-7(10)3-8-2-1-6(12-8)4-11-5-8/h6H,1-5H2,(H,9,10). The van der Waals surface area contributed by atoms with Gasteiger partial charge in [-0.25, -0.2) is 0 Å². The van der Waals surface area contributed by atoms with Gasteiger partial charge in [0.25, 0.3) is 0 Å². The zero-order chi connectivity index (χ0) is 8.60. The van der Waals surface area contributed by atoms with Crippen LogP contribution in [0.25, 0.3) is 0 Å². The highest BCUT2D eigenvalue weighted by atomic mass is 16.6. The molecule has 0 saturated carbocycles. The Kier molecular flexibility index (Phi) is 1.81. The molecule has 2 bridgehead atoms. The molecule has 2 atom stereocenters. The average molecular weight is 172 g/mol. The molecule has 0 aliphatic carbocycles. The van der Waals surface area contributed by atoms with E-state index in [0.717, 1.165) is 12.8 Å². The van der Waals surface area contributed by atoms with Crippen molar-refractivity contribution in [2.45, 2.75) is 31.0 Å². The lowest BCUT2D eigenvalue weighted by Crippen LogP contribution is -2.42. The van der Waals surface area contributed by atoms with E-state index in [1.54, 1.807) is 0 Å². The van der Waals surface area contributed by atoms with Crippen LogP contribution in [0.5, 0.6) is 0 Å². The molecule has 0 aromatic heterocycles. The number of carboxylic acids is 1. The predicted molar refractivity (Wildman–Crippen MR) is 39.9 cm³/mol. The fourth-order valence-electron chi connectivity index (χ4n) is 1.95. The highest BCUT2D eigenvalue weighted by molar-refractivity contribution is 5.68. The first-order valence-electron chi connectivity index (χ1n) is 4.18. The van der Waals surface area contributed by atoms with E-state index in [1.165, 1.54) is 0 Å². The number of ether oxygens (including phenoxy) is 2. The predicted octanol–water partition coefficient (Wildman–Crippen LogP) is 0.409. The molecule has 0 amide bonds. The summed E-state index contributed by atoms with van der Waals surface area (Å²) in [5, 5.41) is 8.65. The lowest BCUT2D eigenvalue weighted by atomic mass is 9.97. The third-order valence-electron chi connectivity index (χ3n) is 2.48. The van der Waals surface area contributed by atoms with Crippen molar-refractivity contribution in [3.05, 3.63) is 0 Å². The molecule has 2 aliphatic rings. The first-order valence-corrected chi connectivity index (χ1v) is 4.18. The zero-order valence-electron chi connectivity index (χ0n) is 6.78. The van der Waals surface area contributed by atoms with E-state index in [2.05, 4.69) is 0 Å². The second kappa shape index (κ2) is 2.71. The number of hydrogen-bond donors (Lipinski definition) is 1. The van der Waals surface area contributed by atoms with Crippen LogP contribution in [-0.4, -0.2) is 36.0 Å². The van der Waals surface area contributed by atoms with Crippen molar-refractivity contribution in [1.29, 1.82) is 0 Å². The van der Waals surface area contributed by atoms with Gasteiger partial charge >= 0.3 is 5.97 Å². The monoisotopic (exact) mass is 172 g/mol. The van der Waals surface area contributed by atoms with Gasteiger partial charge in [-0.1, -0.05) is 0 Å².